The largest absolute Gasteiger partial charge is 0.295 e. The minimum Gasteiger partial charge on any atom is -0.295 e. The van der Waals surface area contributed by atoms with Crippen molar-refractivity contribution in [3.05, 3.63) is 25.3 Å². The van der Waals surface area contributed by atoms with Crippen LogP contribution < -0.4 is 0 Å². The fourth-order valence-electron chi connectivity index (χ4n) is 1.25. The average Bonchev–Trinajstić information content (AvgIpc) is 2.22. The Labute approximate surface area is 92.1 Å². The lowest BCUT2D eigenvalue weighted by atomic mass is 9.82. The molecule has 0 aromatic rings. The fraction of sp³-hybridized carbons (Fsp3) is 0.538. The van der Waals surface area contributed by atoms with Gasteiger partial charge in [0.05, 0.1) is 0 Å². The van der Waals surface area contributed by atoms with Gasteiger partial charge in [0, 0.05) is 12.8 Å². The monoisotopic (exact) mass is 208 g/mol. The van der Waals surface area contributed by atoms with Crippen molar-refractivity contribution in [2.24, 2.45) is 5.41 Å². The van der Waals surface area contributed by atoms with Gasteiger partial charge in [-0.2, -0.15) is 0 Å². The quantitative estimate of drug-likeness (QED) is 0.574. The van der Waals surface area contributed by atoms with Crippen LogP contribution in [0.5, 0.6) is 0 Å². The second-order valence-electron chi connectivity index (χ2n) is 4.51. The molecule has 0 radical (unpaired) electrons. The first-order valence-corrected chi connectivity index (χ1v) is 5.22. The van der Waals surface area contributed by atoms with Crippen LogP contribution in [0.4, 0.5) is 0 Å². The molecule has 0 heterocycles. The molecule has 0 N–H and O–H groups in total. The summed E-state index contributed by atoms with van der Waals surface area (Å²) < 4.78 is 0. The Kier molecular flexibility index (Phi) is 5.83. The highest BCUT2D eigenvalue weighted by Crippen LogP contribution is 2.28. The van der Waals surface area contributed by atoms with Gasteiger partial charge in [-0.3, -0.25) is 9.59 Å². The predicted molar refractivity (Wildman–Crippen MR) is 62.7 cm³/mol. The Hall–Kier alpha value is -1.18. The van der Waals surface area contributed by atoms with Gasteiger partial charge >= 0.3 is 0 Å². The van der Waals surface area contributed by atoms with Crippen LogP contribution >= 0.6 is 0 Å². The summed E-state index contributed by atoms with van der Waals surface area (Å²) >= 11 is 0. The maximum absolute atomic E-state index is 11.1. The SMILES string of the molecule is C=CC(=O)CCC(C)(C)CCC(=O)C=C. The summed E-state index contributed by atoms with van der Waals surface area (Å²) in [6, 6.07) is 0. The van der Waals surface area contributed by atoms with Gasteiger partial charge in [-0.05, 0) is 30.4 Å². The van der Waals surface area contributed by atoms with Gasteiger partial charge < -0.3 is 0 Å². The van der Waals surface area contributed by atoms with E-state index in [1.807, 2.05) is 0 Å². The lowest BCUT2D eigenvalue weighted by Crippen LogP contribution is -2.14. The summed E-state index contributed by atoms with van der Waals surface area (Å²) in [5.74, 6) is 0.135. The van der Waals surface area contributed by atoms with Gasteiger partial charge in [-0.1, -0.05) is 27.0 Å². The van der Waals surface area contributed by atoms with Crippen molar-refractivity contribution in [1.82, 2.24) is 0 Å². The van der Waals surface area contributed by atoms with Crippen LogP contribution in [0.15, 0.2) is 25.3 Å². The zero-order chi connectivity index (χ0) is 11.9. The number of carbonyl (C=O) groups is 2. The van der Waals surface area contributed by atoms with E-state index in [2.05, 4.69) is 27.0 Å². The van der Waals surface area contributed by atoms with Crippen LogP contribution in [0, 0.1) is 5.41 Å². The standard InChI is InChI=1S/C13H20O2/c1-5-11(14)7-9-13(3,4)10-8-12(15)6-2/h5-6H,1-2,7-10H2,3-4H3. The Bertz CT molecular complexity index is 236. The van der Waals surface area contributed by atoms with Crippen LogP contribution in [-0.4, -0.2) is 11.6 Å². The number of rotatable bonds is 8. The van der Waals surface area contributed by atoms with E-state index in [9.17, 15) is 9.59 Å². The molecule has 0 rings (SSSR count). The van der Waals surface area contributed by atoms with Crippen LogP contribution in [-0.2, 0) is 9.59 Å². The summed E-state index contributed by atoms with van der Waals surface area (Å²) in [6.45, 7) is 11.0. The third kappa shape index (κ3) is 6.83. The van der Waals surface area contributed by atoms with Gasteiger partial charge in [0.1, 0.15) is 0 Å². The molecule has 0 aromatic carbocycles. The molecule has 0 spiro atoms. The van der Waals surface area contributed by atoms with Gasteiger partial charge in [-0.15, -0.1) is 0 Å². The van der Waals surface area contributed by atoms with Crippen molar-refractivity contribution in [2.75, 3.05) is 0 Å². The molecule has 0 fully saturated rings. The Balaban J connectivity index is 3.95. The molecule has 0 aliphatic heterocycles. The van der Waals surface area contributed by atoms with Gasteiger partial charge in [0.2, 0.25) is 0 Å². The molecular weight excluding hydrogens is 188 g/mol. The lowest BCUT2D eigenvalue weighted by molar-refractivity contribution is -0.115. The third-order valence-corrected chi connectivity index (χ3v) is 2.55. The third-order valence-electron chi connectivity index (χ3n) is 2.55. The maximum atomic E-state index is 11.1. The minimum atomic E-state index is 0.0251. The molecule has 0 atom stereocenters. The second kappa shape index (κ2) is 6.33. The van der Waals surface area contributed by atoms with Crippen LogP contribution in [0.25, 0.3) is 0 Å². The first-order chi connectivity index (χ1) is 6.91. The molecule has 0 saturated heterocycles. The van der Waals surface area contributed by atoms with Crippen LogP contribution in [0.2, 0.25) is 0 Å². The van der Waals surface area contributed by atoms with Crippen molar-refractivity contribution in [3.63, 3.8) is 0 Å². The molecule has 0 aromatic heterocycles. The number of hydrogen-bond donors (Lipinski definition) is 0. The second-order valence-corrected chi connectivity index (χ2v) is 4.51. The van der Waals surface area contributed by atoms with Gasteiger partial charge in [0.25, 0.3) is 0 Å². The number of ketones is 2. The first-order valence-electron chi connectivity index (χ1n) is 5.22. The van der Waals surface area contributed by atoms with E-state index in [-0.39, 0.29) is 17.0 Å². The fourth-order valence-corrected chi connectivity index (χ4v) is 1.25. The zero-order valence-electron chi connectivity index (χ0n) is 9.71. The topological polar surface area (TPSA) is 34.1 Å². The highest BCUT2D eigenvalue weighted by atomic mass is 16.1. The Morgan fingerprint density at radius 2 is 1.33 bits per heavy atom. The van der Waals surface area contributed by atoms with Crippen molar-refractivity contribution < 1.29 is 9.59 Å². The van der Waals surface area contributed by atoms with Crippen molar-refractivity contribution >= 4 is 11.6 Å². The Morgan fingerprint density at radius 1 is 1.00 bits per heavy atom. The summed E-state index contributed by atoms with van der Waals surface area (Å²) in [5, 5.41) is 0. The Morgan fingerprint density at radius 3 is 1.60 bits per heavy atom. The lowest BCUT2D eigenvalue weighted by Gasteiger charge is -2.23. The molecule has 0 bridgehead atoms. The minimum absolute atomic E-state index is 0.0251. The van der Waals surface area contributed by atoms with Gasteiger partial charge in [0.15, 0.2) is 11.6 Å². The van der Waals surface area contributed by atoms with E-state index in [4.69, 9.17) is 0 Å². The smallest absolute Gasteiger partial charge is 0.155 e. The maximum Gasteiger partial charge on any atom is 0.155 e. The van der Waals surface area contributed by atoms with Crippen molar-refractivity contribution in [2.45, 2.75) is 39.5 Å². The highest BCUT2D eigenvalue weighted by molar-refractivity contribution is 5.89. The molecule has 15 heavy (non-hydrogen) atoms. The van der Waals surface area contributed by atoms with E-state index in [0.717, 1.165) is 12.8 Å². The van der Waals surface area contributed by atoms with E-state index >= 15 is 0 Å². The number of hydrogen-bond acceptors (Lipinski definition) is 2. The zero-order valence-corrected chi connectivity index (χ0v) is 9.71. The molecule has 0 saturated carbocycles. The number of carbonyl (C=O) groups excluding carboxylic acids is 2. The average molecular weight is 208 g/mol. The molecule has 0 amide bonds. The molecule has 2 heteroatoms. The predicted octanol–water partition coefficient (Wildman–Crippen LogP) is 3.08. The van der Waals surface area contributed by atoms with Crippen molar-refractivity contribution in [3.8, 4) is 0 Å². The summed E-state index contributed by atoms with van der Waals surface area (Å²) in [6.07, 6.45) is 5.32. The van der Waals surface area contributed by atoms with E-state index < -0.39 is 0 Å². The summed E-state index contributed by atoms with van der Waals surface area (Å²) in [4.78, 5) is 22.1. The number of allylic oxidation sites excluding steroid dienone is 2. The first kappa shape index (κ1) is 13.8. The van der Waals surface area contributed by atoms with Crippen LogP contribution in [0.3, 0.4) is 0 Å². The van der Waals surface area contributed by atoms with E-state index in [1.54, 1.807) is 0 Å². The highest BCUT2D eigenvalue weighted by Gasteiger charge is 2.19. The molecule has 0 aliphatic carbocycles. The summed E-state index contributed by atoms with van der Waals surface area (Å²) in [5.41, 5.74) is 0.0251. The van der Waals surface area contributed by atoms with E-state index in [1.165, 1.54) is 12.2 Å². The molecule has 2 nitrogen and oxygen atoms in total. The molecular formula is C13H20O2. The molecule has 0 aliphatic rings. The van der Waals surface area contributed by atoms with Gasteiger partial charge in [-0.25, -0.2) is 0 Å². The van der Waals surface area contributed by atoms with Crippen LogP contribution in [0.1, 0.15) is 39.5 Å². The summed E-state index contributed by atoms with van der Waals surface area (Å²) in [7, 11) is 0. The normalized spacial score (nSPS) is 10.8. The molecule has 0 unspecified atom stereocenters. The van der Waals surface area contributed by atoms with Crippen molar-refractivity contribution in [1.29, 1.82) is 0 Å². The molecule has 84 valence electrons. The van der Waals surface area contributed by atoms with E-state index in [0.29, 0.717) is 12.8 Å².